The average molecular weight is 459 g/mol. The fraction of sp³-hybridized carbons (Fsp3) is 0.417. The van der Waals surface area contributed by atoms with Gasteiger partial charge in [0.2, 0.25) is 0 Å². The summed E-state index contributed by atoms with van der Waals surface area (Å²) in [5.74, 6) is -0.306. The molecule has 1 saturated heterocycles. The van der Waals surface area contributed by atoms with Crippen molar-refractivity contribution < 1.29 is 22.7 Å². The molecule has 1 aliphatic rings. The van der Waals surface area contributed by atoms with Gasteiger partial charge in [-0.25, -0.2) is 13.2 Å². The SMILES string of the molecule is CC(C)(C)OC(=O)NC1CCN(C(=O)c2cccc(CS(=O)(=O)c3ccccc3)c2)CC1. The number of amides is 2. The molecule has 0 aromatic heterocycles. The number of sulfone groups is 1. The van der Waals surface area contributed by atoms with Crippen molar-refractivity contribution in [3.05, 3.63) is 65.7 Å². The first-order valence-corrected chi connectivity index (χ1v) is 12.3. The number of benzene rings is 2. The van der Waals surface area contributed by atoms with Gasteiger partial charge in [-0.1, -0.05) is 30.3 Å². The number of carbonyl (C=O) groups is 2. The number of nitrogens with one attached hydrogen (secondary N) is 1. The van der Waals surface area contributed by atoms with Gasteiger partial charge in [-0.3, -0.25) is 4.79 Å². The molecule has 8 heteroatoms. The van der Waals surface area contributed by atoms with Gasteiger partial charge in [0.25, 0.3) is 5.91 Å². The highest BCUT2D eigenvalue weighted by atomic mass is 32.2. The summed E-state index contributed by atoms with van der Waals surface area (Å²) in [6.07, 6.45) is 0.815. The lowest BCUT2D eigenvalue weighted by Gasteiger charge is -2.33. The summed E-state index contributed by atoms with van der Waals surface area (Å²) < 4.78 is 30.6. The molecular weight excluding hydrogens is 428 g/mol. The van der Waals surface area contributed by atoms with Crippen LogP contribution in [0.15, 0.2) is 59.5 Å². The summed E-state index contributed by atoms with van der Waals surface area (Å²) in [6, 6.07) is 15.0. The van der Waals surface area contributed by atoms with Gasteiger partial charge < -0.3 is 15.0 Å². The Labute approximate surface area is 189 Å². The second-order valence-corrected chi connectivity index (χ2v) is 11.0. The van der Waals surface area contributed by atoms with Crippen LogP contribution in [-0.4, -0.2) is 50.1 Å². The third kappa shape index (κ3) is 6.56. The molecular formula is C24H30N2O5S. The monoisotopic (exact) mass is 458 g/mol. The fourth-order valence-electron chi connectivity index (χ4n) is 3.61. The van der Waals surface area contributed by atoms with Crippen molar-refractivity contribution in [1.29, 1.82) is 0 Å². The second-order valence-electron chi connectivity index (χ2n) is 8.99. The number of likely N-dealkylation sites (tertiary alicyclic amines) is 1. The zero-order chi connectivity index (χ0) is 23.4. The van der Waals surface area contributed by atoms with Crippen molar-refractivity contribution in [2.24, 2.45) is 0 Å². The van der Waals surface area contributed by atoms with Crippen molar-refractivity contribution >= 4 is 21.8 Å². The van der Waals surface area contributed by atoms with Gasteiger partial charge in [-0.05, 0) is 63.4 Å². The van der Waals surface area contributed by atoms with Crippen LogP contribution >= 0.6 is 0 Å². The van der Waals surface area contributed by atoms with E-state index in [9.17, 15) is 18.0 Å². The minimum atomic E-state index is -3.49. The van der Waals surface area contributed by atoms with Crippen LogP contribution in [0.5, 0.6) is 0 Å². The smallest absolute Gasteiger partial charge is 0.407 e. The van der Waals surface area contributed by atoms with Crippen molar-refractivity contribution in [3.8, 4) is 0 Å². The largest absolute Gasteiger partial charge is 0.444 e. The van der Waals surface area contributed by atoms with Gasteiger partial charge in [-0.15, -0.1) is 0 Å². The van der Waals surface area contributed by atoms with Crippen LogP contribution in [0.1, 0.15) is 49.5 Å². The summed E-state index contributed by atoms with van der Waals surface area (Å²) in [7, 11) is -3.49. The Kier molecular flexibility index (Phi) is 7.23. The summed E-state index contributed by atoms with van der Waals surface area (Å²) in [6.45, 7) is 6.45. The molecule has 1 N–H and O–H groups in total. The maximum Gasteiger partial charge on any atom is 0.407 e. The molecule has 7 nitrogen and oxygen atoms in total. The normalized spacial score (nSPS) is 15.3. The topological polar surface area (TPSA) is 92.8 Å². The third-order valence-corrected chi connectivity index (χ3v) is 6.84. The molecule has 0 bridgehead atoms. The average Bonchev–Trinajstić information content (AvgIpc) is 2.73. The van der Waals surface area contributed by atoms with E-state index in [0.717, 1.165) is 0 Å². The van der Waals surface area contributed by atoms with E-state index in [-0.39, 0.29) is 22.6 Å². The van der Waals surface area contributed by atoms with Crippen LogP contribution in [0.25, 0.3) is 0 Å². The number of nitrogens with zero attached hydrogens (tertiary/aromatic N) is 1. The van der Waals surface area contributed by atoms with Gasteiger partial charge in [0.15, 0.2) is 9.84 Å². The van der Waals surface area contributed by atoms with E-state index in [0.29, 0.717) is 37.1 Å². The van der Waals surface area contributed by atoms with E-state index in [4.69, 9.17) is 4.74 Å². The van der Waals surface area contributed by atoms with Crippen LogP contribution in [0, 0.1) is 0 Å². The maximum absolute atomic E-state index is 13.0. The Morgan fingerprint density at radius 3 is 2.31 bits per heavy atom. The van der Waals surface area contributed by atoms with Crippen LogP contribution in [0.4, 0.5) is 4.79 Å². The van der Waals surface area contributed by atoms with Crippen LogP contribution < -0.4 is 5.32 Å². The lowest BCUT2D eigenvalue weighted by atomic mass is 10.0. The van der Waals surface area contributed by atoms with Crippen LogP contribution in [0.2, 0.25) is 0 Å². The van der Waals surface area contributed by atoms with E-state index in [1.165, 1.54) is 0 Å². The van der Waals surface area contributed by atoms with Gasteiger partial charge in [-0.2, -0.15) is 0 Å². The zero-order valence-corrected chi connectivity index (χ0v) is 19.5. The lowest BCUT2D eigenvalue weighted by Crippen LogP contribution is -2.47. The van der Waals surface area contributed by atoms with E-state index in [1.807, 2.05) is 20.8 Å². The second kappa shape index (κ2) is 9.73. The van der Waals surface area contributed by atoms with Gasteiger partial charge in [0.05, 0.1) is 10.6 Å². The maximum atomic E-state index is 13.0. The van der Waals surface area contributed by atoms with Crippen molar-refractivity contribution in [3.63, 3.8) is 0 Å². The summed E-state index contributed by atoms with van der Waals surface area (Å²) in [4.78, 5) is 26.9. The Bertz CT molecular complexity index is 1050. The molecule has 0 unspecified atom stereocenters. The van der Waals surface area contributed by atoms with E-state index < -0.39 is 21.5 Å². The molecule has 1 heterocycles. The molecule has 0 saturated carbocycles. The van der Waals surface area contributed by atoms with Crippen LogP contribution in [-0.2, 0) is 20.3 Å². The Hall–Kier alpha value is -2.87. The number of alkyl carbamates (subject to hydrolysis) is 1. The predicted molar refractivity (Wildman–Crippen MR) is 122 cm³/mol. The molecule has 2 aromatic rings. The standard InChI is InChI=1S/C24H30N2O5S/c1-24(2,3)31-23(28)25-20-12-14-26(15-13-20)22(27)19-9-7-8-18(16-19)17-32(29,30)21-10-5-4-6-11-21/h4-11,16,20H,12-15,17H2,1-3H3,(H,25,28). The Balaban J connectivity index is 1.59. The third-order valence-electron chi connectivity index (χ3n) is 5.14. The molecule has 0 radical (unpaired) electrons. The molecule has 172 valence electrons. The van der Waals surface area contributed by atoms with E-state index in [2.05, 4.69) is 5.32 Å². The number of hydrogen-bond donors (Lipinski definition) is 1. The molecule has 32 heavy (non-hydrogen) atoms. The number of rotatable bonds is 5. The van der Waals surface area contributed by atoms with Crippen molar-refractivity contribution in [2.45, 2.75) is 55.9 Å². The predicted octanol–water partition coefficient (Wildman–Crippen LogP) is 3.79. The first kappa shape index (κ1) is 23.8. The summed E-state index contributed by atoms with van der Waals surface area (Å²) in [5, 5.41) is 2.86. The van der Waals surface area contributed by atoms with E-state index >= 15 is 0 Å². The van der Waals surface area contributed by atoms with Gasteiger partial charge in [0.1, 0.15) is 5.60 Å². The lowest BCUT2D eigenvalue weighted by molar-refractivity contribution is 0.0473. The molecule has 2 aromatic carbocycles. The number of hydrogen-bond acceptors (Lipinski definition) is 5. The first-order chi connectivity index (χ1) is 15.0. The zero-order valence-electron chi connectivity index (χ0n) is 18.7. The number of ether oxygens (including phenoxy) is 1. The molecule has 0 spiro atoms. The molecule has 0 aliphatic carbocycles. The number of carbonyl (C=O) groups excluding carboxylic acids is 2. The minimum absolute atomic E-state index is 0.0451. The van der Waals surface area contributed by atoms with Gasteiger partial charge in [0, 0.05) is 24.7 Å². The fourth-order valence-corrected chi connectivity index (χ4v) is 4.97. The van der Waals surface area contributed by atoms with Crippen molar-refractivity contribution in [1.82, 2.24) is 10.2 Å². The van der Waals surface area contributed by atoms with Gasteiger partial charge >= 0.3 is 6.09 Å². The quantitative estimate of drug-likeness (QED) is 0.736. The summed E-state index contributed by atoms with van der Waals surface area (Å²) in [5.41, 5.74) is 0.477. The molecule has 3 rings (SSSR count). The Morgan fingerprint density at radius 1 is 1.03 bits per heavy atom. The minimum Gasteiger partial charge on any atom is -0.444 e. The van der Waals surface area contributed by atoms with Crippen LogP contribution in [0.3, 0.4) is 0 Å². The molecule has 0 atom stereocenters. The highest BCUT2D eigenvalue weighted by molar-refractivity contribution is 7.90. The Morgan fingerprint density at radius 2 is 1.69 bits per heavy atom. The number of piperidine rings is 1. The highest BCUT2D eigenvalue weighted by Gasteiger charge is 2.26. The molecule has 1 aliphatic heterocycles. The molecule has 2 amide bonds. The summed E-state index contributed by atoms with van der Waals surface area (Å²) >= 11 is 0. The molecule has 1 fully saturated rings. The van der Waals surface area contributed by atoms with Crippen molar-refractivity contribution in [2.75, 3.05) is 13.1 Å². The van der Waals surface area contributed by atoms with E-state index in [1.54, 1.807) is 59.5 Å². The highest BCUT2D eigenvalue weighted by Crippen LogP contribution is 2.19. The first-order valence-electron chi connectivity index (χ1n) is 10.7.